The van der Waals surface area contributed by atoms with Crippen LogP contribution in [0.15, 0.2) is 36.5 Å². The van der Waals surface area contributed by atoms with Gasteiger partial charge in [0.15, 0.2) is 0 Å². The Labute approximate surface area is 198 Å². The first-order valence-electron chi connectivity index (χ1n) is 12.6. The van der Waals surface area contributed by atoms with Gasteiger partial charge in [-0.05, 0) is 91.8 Å². The molecule has 0 unspecified atom stereocenters. The molecule has 2 aliphatic carbocycles. The summed E-state index contributed by atoms with van der Waals surface area (Å²) in [5.74, 6) is 1.44. The molecule has 3 aliphatic rings. The highest BCUT2D eigenvalue weighted by Gasteiger charge is 2.30. The van der Waals surface area contributed by atoms with Crippen molar-refractivity contribution in [2.45, 2.75) is 65.0 Å². The van der Waals surface area contributed by atoms with Gasteiger partial charge in [0.2, 0.25) is 0 Å². The largest absolute Gasteiger partial charge is 0.492 e. The van der Waals surface area contributed by atoms with Gasteiger partial charge in [0.1, 0.15) is 11.4 Å². The summed E-state index contributed by atoms with van der Waals surface area (Å²) in [6, 6.07) is 10.8. The Balaban J connectivity index is 1.17. The SMILES string of the molecule is CN(C(=O)c1ccc(OCC2CC2)cn1)[C@@H]1Cc2ccc(CN3CCC(C)(C)CC3)cc2C1. The number of piperidine rings is 1. The number of fused-ring (bicyclic) bond motifs is 1. The van der Waals surface area contributed by atoms with Crippen LogP contribution in [0, 0.1) is 11.3 Å². The van der Waals surface area contributed by atoms with E-state index in [0.29, 0.717) is 17.0 Å². The van der Waals surface area contributed by atoms with Gasteiger partial charge in [-0.3, -0.25) is 9.69 Å². The van der Waals surface area contributed by atoms with E-state index in [2.05, 4.69) is 41.9 Å². The number of nitrogens with zero attached hydrogens (tertiary/aromatic N) is 3. The molecule has 5 rings (SSSR count). The van der Waals surface area contributed by atoms with E-state index in [9.17, 15) is 4.79 Å². The van der Waals surface area contributed by atoms with Gasteiger partial charge in [0.25, 0.3) is 5.91 Å². The molecule has 2 fully saturated rings. The summed E-state index contributed by atoms with van der Waals surface area (Å²) in [6.07, 6.45) is 8.58. The first-order valence-corrected chi connectivity index (χ1v) is 12.6. The predicted octanol–water partition coefficient (Wildman–Crippen LogP) is 4.73. The van der Waals surface area contributed by atoms with Gasteiger partial charge in [-0.2, -0.15) is 0 Å². The van der Waals surface area contributed by atoms with Crippen molar-refractivity contribution < 1.29 is 9.53 Å². The van der Waals surface area contributed by atoms with Crippen molar-refractivity contribution in [2.24, 2.45) is 11.3 Å². The van der Waals surface area contributed by atoms with Gasteiger partial charge in [0.05, 0.1) is 12.8 Å². The third kappa shape index (κ3) is 5.40. The number of ether oxygens (including phenoxy) is 1. The van der Waals surface area contributed by atoms with Gasteiger partial charge in [-0.1, -0.05) is 32.0 Å². The number of hydrogen-bond acceptors (Lipinski definition) is 4. The molecule has 1 aromatic carbocycles. The van der Waals surface area contributed by atoms with Crippen molar-refractivity contribution in [3.05, 3.63) is 58.9 Å². The molecule has 1 saturated carbocycles. The van der Waals surface area contributed by atoms with Crippen LogP contribution in [-0.2, 0) is 19.4 Å². The van der Waals surface area contributed by atoms with E-state index >= 15 is 0 Å². The van der Waals surface area contributed by atoms with E-state index in [1.54, 1.807) is 12.3 Å². The molecule has 0 N–H and O–H groups in total. The van der Waals surface area contributed by atoms with Crippen molar-refractivity contribution in [2.75, 3.05) is 26.7 Å². The number of carbonyl (C=O) groups is 1. The van der Waals surface area contributed by atoms with E-state index in [-0.39, 0.29) is 11.9 Å². The van der Waals surface area contributed by atoms with Gasteiger partial charge >= 0.3 is 0 Å². The first kappa shape index (κ1) is 22.4. The Morgan fingerprint density at radius 3 is 2.58 bits per heavy atom. The minimum Gasteiger partial charge on any atom is -0.492 e. The highest BCUT2D eigenvalue weighted by molar-refractivity contribution is 5.92. The Hall–Kier alpha value is -2.40. The number of likely N-dealkylation sites (N-methyl/N-ethyl adjacent to an activating group) is 1. The Morgan fingerprint density at radius 2 is 1.88 bits per heavy atom. The molecule has 0 bridgehead atoms. The maximum Gasteiger partial charge on any atom is 0.272 e. The van der Waals surface area contributed by atoms with Crippen molar-refractivity contribution in [3.63, 3.8) is 0 Å². The predicted molar refractivity (Wildman–Crippen MR) is 130 cm³/mol. The van der Waals surface area contributed by atoms with Crippen LogP contribution in [0.5, 0.6) is 5.75 Å². The second kappa shape index (κ2) is 9.09. The van der Waals surface area contributed by atoms with Crippen LogP contribution in [0.1, 0.15) is 66.7 Å². The number of amides is 1. The molecule has 1 aromatic heterocycles. The molecule has 5 heteroatoms. The zero-order valence-corrected chi connectivity index (χ0v) is 20.3. The highest BCUT2D eigenvalue weighted by Crippen LogP contribution is 2.32. The van der Waals surface area contributed by atoms with E-state index in [4.69, 9.17) is 4.74 Å². The fourth-order valence-electron chi connectivity index (χ4n) is 5.03. The Bertz CT molecular complexity index is 987. The summed E-state index contributed by atoms with van der Waals surface area (Å²) in [6.45, 7) is 8.91. The number of benzene rings is 1. The average Bonchev–Trinajstić information content (AvgIpc) is 3.55. The normalized spacial score (nSPS) is 22.1. The highest BCUT2D eigenvalue weighted by atomic mass is 16.5. The Morgan fingerprint density at radius 1 is 1.12 bits per heavy atom. The molecular formula is C28H37N3O2. The van der Waals surface area contributed by atoms with Gasteiger partial charge < -0.3 is 9.64 Å². The lowest BCUT2D eigenvalue weighted by atomic mass is 9.82. The molecule has 1 aliphatic heterocycles. The van der Waals surface area contributed by atoms with Crippen molar-refractivity contribution in [1.29, 1.82) is 0 Å². The smallest absolute Gasteiger partial charge is 0.272 e. The van der Waals surface area contributed by atoms with E-state index in [1.807, 2.05) is 18.0 Å². The summed E-state index contributed by atoms with van der Waals surface area (Å²) < 4.78 is 5.75. The molecule has 1 amide bonds. The minimum atomic E-state index is -0.0160. The Kier molecular flexibility index (Phi) is 6.17. The number of aromatic nitrogens is 1. The molecule has 2 heterocycles. The second-order valence-electron chi connectivity index (χ2n) is 11.2. The van der Waals surface area contributed by atoms with Crippen LogP contribution in [0.25, 0.3) is 0 Å². The fraction of sp³-hybridized carbons (Fsp3) is 0.571. The van der Waals surface area contributed by atoms with Crippen LogP contribution in [0.2, 0.25) is 0 Å². The zero-order chi connectivity index (χ0) is 23.0. The summed E-state index contributed by atoms with van der Waals surface area (Å²) in [5, 5.41) is 0. The number of pyridine rings is 1. The second-order valence-corrected chi connectivity index (χ2v) is 11.2. The molecule has 33 heavy (non-hydrogen) atoms. The van der Waals surface area contributed by atoms with Crippen LogP contribution < -0.4 is 4.74 Å². The monoisotopic (exact) mass is 447 g/mol. The lowest BCUT2D eigenvalue weighted by Gasteiger charge is -2.37. The standard InChI is InChI=1S/C28H37N3O2/c1-28(2)10-12-31(13-11-28)18-21-6-7-22-15-24(16-23(22)14-21)30(3)27(32)26-9-8-25(17-29-26)33-19-20-4-5-20/h6-9,14,17,20,24H,4-5,10-13,15-16,18-19H2,1-3H3/t24-/m1/s1. The fourth-order valence-corrected chi connectivity index (χ4v) is 5.03. The minimum absolute atomic E-state index is 0.0160. The summed E-state index contributed by atoms with van der Waals surface area (Å²) in [4.78, 5) is 21.9. The van der Waals surface area contributed by atoms with Gasteiger partial charge in [-0.15, -0.1) is 0 Å². The van der Waals surface area contributed by atoms with E-state index in [0.717, 1.165) is 31.7 Å². The van der Waals surface area contributed by atoms with Crippen molar-refractivity contribution in [1.82, 2.24) is 14.8 Å². The summed E-state index contributed by atoms with van der Waals surface area (Å²) >= 11 is 0. The number of likely N-dealkylation sites (tertiary alicyclic amines) is 1. The molecular weight excluding hydrogens is 410 g/mol. The van der Waals surface area contributed by atoms with Crippen molar-refractivity contribution in [3.8, 4) is 5.75 Å². The summed E-state index contributed by atoms with van der Waals surface area (Å²) in [5.41, 5.74) is 5.14. The number of carbonyl (C=O) groups excluding carboxylic acids is 1. The maximum atomic E-state index is 13.1. The topological polar surface area (TPSA) is 45.7 Å². The molecule has 1 saturated heterocycles. The third-order valence-corrected chi connectivity index (χ3v) is 7.80. The summed E-state index contributed by atoms with van der Waals surface area (Å²) in [7, 11) is 1.91. The quantitative estimate of drug-likeness (QED) is 0.616. The lowest BCUT2D eigenvalue weighted by Crippen LogP contribution is -2.38. The van der Waals surface area contributed by atoms with Crippen LogP contribution in [0.3, 0.4) is 0 Å². The van der Waals surface area contributed by atoms with Gasteiger partial charge in [0, 0.05) is 19.6 Å². The molecule has 1 atom stereocenters. The average molecular weight is 448 g/mol. The van der Waals surface area contributed by atoms with E-state index in [1.165, 1.54) is 55.5 Å². The molecule has 0 radical (unpaired) electrons. The van der Waals surface area contributed by atoms with Crippen LogP contribution in [-0.4, -0.2) is 53.5 Å². The van der Waals surface area contributed by atoms with Crippen molar-refractivity contribution >= 4 is 5.91 Å². The van der Waals surface area contributed by atoms with Crippen LogP contribution >= 0.6 is 0 Å². The van der Waals surface area contributed by atoms with E-state index < -0.39 is 0 Å². The third-order valence-electron chi connectivity index (χ3n) is 7.80. The molecule has 176 valence electrons. The van der Waals surface area contributed by atoms with Crippen LogP contribution in [0.4, 0.5) is 0 Å². The molecule has 5 nitrogen and oxygen atoms in total. The zero-order valence-electron chi connectivity index (χ0n) is 20.3. The number of rotatable bonds is 7. The molecule has 2 aromatic rings. The first-order chi connectivity index (χ1) is 15.9. The lowest BCUT2D eigenvalue weighted by molar-refractivity contribution is 0.0731. The van der Waals surface area contributed by atoms with Gasteiger partial charge in [-0.25, -0.2) is 4.98 Å². The molecule has 0 spiro atoms. The number of hydrogen-bond donors (Lipinski definition) is 0. The maximum absolute atomic E-state index is 13.1.